The second-order valence-electron chi connectivity index (χ2n) is 4.75. The second kappa shape index (κ2) is 4.26. The van der Waals surface area contributed by atoms with Gasteiger partial charge in [-0.1, -0.05) is 0 Å². The molecule has 2 aromatic rings. The number of nitrogens with two attached hydrogens (primary N) is 1. The summed E-state index contributed by atoms with van der Waals surface area (Å²) in [5.41, 5.74) is 8.82. The molecule has 1 aromatic heterocycles. The zero-order chi connectivity index (χ0) is 11.8. The van der Waals surface area contributed by atoms with Crippen LogP contribution in [0.1, 0.15) is 12.2 Å². The number of anilines is 1. The first-order chi connectivity index (χ1) is 8.24. The molecule has 3 nitrogen and oxygen atoms in total. The molecule has 17 heavy (non-hydrogen) atoms. The van der Waals surface area contributed by atoms with Crippen LogP contribution in [0.15, 0.2) is 18.2 Å². The summed E-state index contributed by atoms with van der Waals surface area (Å²) in [6.45, 7) is 3.18. The number of nitrogens with zero attached hydrogens (tertiary/aromatic N) is 2. The Balaban J connectivity index is 1.99. The van der Waals surface area contributed by atoms with Crippen LogP contribution in [0.25, 0.3) is 11.0 Å². The zero-order valence-corrected chi connectivity index (χ0v) is 10.8. The van der Waals surface area contributed by atoms with E-state index in [1.165, 1.54) is 23.4 Å². The van der Waals surface area contributed by atoms with E-state index in [-0.39, 0.29) is 0 Å². The molecule has 2 heterocycles. The van der Waals surface area contributed by atoms with Gasteiger partial charge in [0, 0.05) is 12.2 Å². The fraction of sp³-hybridized carbons (Fsp3) is 0.462. The smallest absolute Gasteiger partial charge is 0.106 e. The number of thioether (sulfide) groups is 1. The van der Waals surface area contributed by atoms with Crippen LogP contribution in [0.2, 0.25) is 0 Å². The van der Waals surface area contributed by atoms with Crippen molar-refractivity contribution in [2.45, 2.75) is 19.9 Å². The van der Waals surface area contributed by atoms with Crippen molar-refractivity contribution in [3.63, 3.8) is 0 Å². The first-order valence-corrected chi connectivity index (χ1v) is 7.19. The zero-order valence-electron chi connectivity index (χ0n) is 10.0. The van der Waals surface area contributed by atoms with E-state index < -0.39 is 0 Å². The SMILES string of the molecule is Cc1nc2cc(N)ccc2n1CC1CCSC1. The molecular weight excluding hydrogens is 230 g/mol. The molecule has 0 aliphatic carbocycles. The Bertz CT molecular complexity index is 541. The maximum Gasteiger partial charge on any atom is 0.106 e. The van der Waals surface area contributed by atoms with Gasteiger partial charge in [0.15, 0.2) is 0 Å². The number of imidazole rings is 1. The summed E-state index contributed by atoms with van der Waals surface area (Å²) in [4.78, 5) is 4.59. The van der Waals surface area contributed by atoms with E-state index in [0.717, 1.165) is 29.5 Å². The lowest BCUT2D eigenvalue weighted by Crippen LogP contribution is -2.11. The first-order valence-electron chi connectivity index (χ1n) is 6.04. The van der Waals surface area contributed by atoms with Crippen molar-refractivity contribution in [1.82, 2.24) is 9.55 Å². The van der Waals surface area contributed by atoms with E-state index in [1.54, 1.807) is 0 Å². The van der Waals surface area contributed by atoms with Crippen molar-refractivity contribution in [3.05, 3.63) is 24.0 Å². The standard InChI is InChI=1S/C13H17N3S/c1-9-15-12-6-11(14)2-3-13(12)16(9)7-10-4-5-17-8-10/h2-3,6,10H,4-5,7-8,14H2,1H3. The molecule has 90 valence electrons. The molecule has 1 unspecified atom stereocenters. The molecule has 1 aromatic carbocycles. The number of hydrogen-bond acceptors (Lipinski definition) is 3. The van der Waals surface area contributed by atoms with Crippen LogP contribution in [0, 0.1) is 12.8 Å². The molecule has 3 rings (SSSR count). The van der Waals surface area contributed by atoms with Gasteiger partial charge in [-0.3, -0.25) is 0 Å². The summed E-state index contributed by atoms with van der Waals surface area (Å²) >= 11 is 2.06. The summed E-state index contributed by atoms with van der Waals surface area (Å²) in [6.07, 6.45) is 1.33. The summed E-state index contributed by atoms with van der Waals surface area (Å²) in [6, 6.07) is 6.01. The Kier molecular flexibility index (Phi) is 2.74. The van der Waals surface area contributed by atoms with Gasteiger partial charge in [-0.2, -0.15) is 11.8 Å². The molecule has 0 saturated carbocycles. The molecule has 0 bridgehead atoms. The highest BCUT2D eigenvalue weighted by Crippen LogP contribution is 2.27. The van der Waals surface area contributed by atoms with Crippen LogP contribution in [0.3, 0.4) is 0 Å². The first kappa shape index (κ1) is 11.0. The highest BCUT2D eigenvalue weighted by Gasteiger charge is 2.18. The third kappa shape index (κ3) is 2.02. The van der Waals surface area contributed by atoms with Crippen LogP contribution >= 0.6 is 11.8 Å². The van der Waals surface area contributed by atoms with Gasteiger partial charge in [0.25, 0.3) is 0 Å². The van der Waals surface area contributed by atoms with Crippen LogP contribution in [-0.2, 0) is 6.54 Å². The fourth-order valence-electron chi connectivity index (χ4n) is 2.48. The minimum absolute atomic E-state index is 0.790. The van der Waals surface area contributed by atoms with E-state index in [4.69, 9.17) is 5.73 Å². The minimum atomic E-state index is 0.790. The summed E-state index contributed by atoms with van der Waals surface area (Å²) in [5.74, 6) is 4.49. The number of aryl methyl sites for hydroxylation is 1. The molecule has 1 aliphatic heterocycles. The van der Waals surface area contributed by atoms with Gasteiger partial charge in [0.2, 0.25) is 0 Å². The van der Waals surface area contributed by atoms with Gasteiger partial charge >= 0.3 is 0 Å². The maximum absolute atomic E-state index is 5.79. The predicted octanol–water partition coefficient (Wildman–Crippen LogP) is 2.68. The van der Waals surface area contributed by atoms with Crippen LogP contribution in [0.4, 0.5) is 5.69 Å². The molecule has 1 aliphatic rings. The number of nitrogen functional groups attached to an aromatic ring is 1. The topological polar surface area (TPSA) is 43.8 Å². The Labute approximate surface area is 105 Å². The molecule has 1 fully saturated rings. The maximum atomic E-state index is 5.79. The normalized spacial score (nSPS) is 20.2. The number of rotatable bonds is 2. The van der Waals surface area contributed by atoms with Crippen molar-refractivity contribution >= 4 is 28.5 Å². The van der Waals surface area contributed by atoms with E-state index in [9.17, 15) is 0 Å². The number of hydrogen-bond donors (Lipinski definition) is 1. The van der Waals surface area contributed by atoms with Crippen molar-refractivity contribution in [2.75, 3.05) is 17.2 Å². The monoisotopic (exact) mass is 247 g/mol. The van der Waals surface area contributed by atoms with Gasteiger partial charge in [0.05, 0.1) is 11.0 Å². The lowest BCUT2D eigenvalue weighted by atomic mass is 10.1. The summed E-state index contributed by atoms with van der Waals surface area (Å²) in [7, 11) is 0. The fourth-order valence-corrected chi connectivity index (χ4v) is 3.76. The Morgan fingerprint density at radius 3 is 3.18 bits per heavy atom. The molecule has 0 radical (unpaired) electrons. The average molecular weight is 247 g/mol. The molecular formula is C13H17N3S. The summed E-state index contributed by atoms with van der Waals surface area (Å²) < 4.78 is 2.34. The van der Waals surface area contributed by atoms with Crippen molar-refractivity contribution in [1.29, 1.82) is 0 Å². The largest absolute Gasteiger partial charge is 0.399 e. The number of aromatic nitrogens is 2. The number of fused-ring (bicyclic) bond motifs is 1. The van der Waals surface area contributed by atoms with Gasteiger partial charge in [0.1, 0.15) is 5.82 Å². The average Bonchev–Trinajstić information content (AvgIpc) is 2.88. The van der Waals surface area contributed by atoms with Crippen molar-refractivity contribution in [3.8, 4) is 0 Å². The molecule has 0 spiro atoms. The van der Waals surface area contributed by atoms with Crippen LogP contribution in [-0.4, -0.2) is 21.1 Å². The highest BCUT2D eigenvalue weighted by molar-refractivity contribution is 7.99. The Morgan fingerprint density at radius 1 is 1.53 bits per heavy atom. The van der Waals surface area contributed by atoms with Crippen molar-refractivity contribution < 1.29 is 0 Å². The van der Waals surface area contributed by atoms with E-state index >= 15 is 0 Å². The van der Waals surface area contributed by atoms with Gasteiger partial charge in [-0.25, -0.2) is 4.98 Å². The molecule has 1 atom stereocenters. The lowest BCUT2D eigenvalue weighted by Gasteiger charge is -2.12. The number of benzene rings is 1. The highest BCUT2D eigenvalue weighted by atomic mass is 32.2. The Morgan fingerprint density at radius 2 is 2.41 bits per heavy atom. The third-order valence-electron chi connectivity index (χ3n) is 3.43. The quantitative estimate of drug-likeness (QED) is 0.830. The predicted molar refractivity (Wildman–Crippen MR) is 74.3 cm³/mol. The molecule has 2 N–H and O–H groups in total. The molecule has 4 heteroatoms. The molecule has 1 saturated heterocycles. The van der Waals surface area contributed by atoms with E-state index in [0.29, 0.717) is 0 Å². The van der Waals surface area contributed by atoms with Crippen molar-refractivity contribution in [2.24, 2.45) is 5.92 Å². The second-order valence-corrected chi connectivity index (χ2v) is 5.90. The van der Waals surface area contributed by atoms with Crippen LogP contribution < -0.4 is 5.73 Å². The third-order valence-corrected chi connectivity index (χ3v) is 4.66. The van der Waals surface area contributed by atoms with Gasteiger partial charge in [-0.15, -0.1) is 0 Å². The minimum Gasteiger partial charge on any atom is -0.399 e. The Hall–Kier alpha value is -1.16. The summed E-state index contributed by atoms with van der Waals surface area (Å²) in [5, 5.41) is 0. The van der Waals surface area contributed by atoms with Gasteiger partial charge in [-0.05, 0) is 49.0 Å². The lowest BCUT2D eigenvalue weighted by molar-refractivity contribution is 0.494. The van der Waals surface area contributed by atoms with Crippen LogP contribution in [0.5, 0.6) is 0 Å². The van der Waals surface area contributed by atoms with E-state index in [2.05, 4.69) is 34.3 Å². The van der Waals surface area contributed by atoms with Gasteiger partial charge < -0.3 is 10.3 Å². The molecule has 0 amide bonds. The van der Waals surface area contributed by atoms with E-state index in [1.807, 2.05) is 12.1 Å².